The highest BCUT2D eigenvalue weighted by Crippen LogP contribution is 2.32. The predicted octanol–water partition coefficient (Wildman–Crippen LogP) is 2.93. The lowest BCUT2D eigenvalue weighted by Gasteiger charge is -2.26. The summed E-state index contributed by atoms with van der Waals surface area (Å²) in [7, 11) is -3.19. The van der Waals surface area contributed by atoms with Crippen LogP contribution in [0, 0.1) is 12.8 Å². The van der Waals surface area contributed by atoms with E-state index >= 15 is 0 Å². The van der Waals surface area contributed by atoms with Crippen molar-refractivity contribution in [2.45, 2.75) is 49.7 Å². The summed E-state index contributed by atoms with van der Waals surface area (Å²) in [4.78, 5) is 0.455. The summed E-state index contributed by atoms with van der Waals surface area (Å²) in [5, 5.41) is -0.212. The molecule has 0 aliphatic heterocycles. The van der Waals surface area contributed by atoms with Gasteiger partial charge in [0.05, 0.1) is 10.1 Å². The Balaban J connectivity index is 2.30. The number of anilines is 1. The molecule has 1 aromatic rings. The molecule has 18 heavy (non-hydrogen) atoms. The molecule has 2 rings (SSSR count). The van der Waals surface area contributed by atoms with Crippen molar-refractivity contribution in [1.29, 1.82) is 0 Å². The zero-order valence-corrected chi connectivity index (χ0v) is 11.8. The lowest BCUT2D eigenvalue weighted by atomic mass is 9.91. The van der Waals surface area contributed by atoms with Gasteiger partial charge in [-0.25, -0.2) is 8.42 Å². The second-order valence-electron chi connectivity index (χ2n) is 5.45. The van der Waals surface area contributed by atoms with E-state index in [0.717, 1.165) is 31.2 Å². The van der Waals surface area contributed by atoms with Crippen molar-refractivity contribution in [2.75, 3.05) is 5.73 Å². The average molecular weight is 267 g/mol. The highest BCUT2D eigenvalue weighted by atomic mass is 32.2. The van der Waals surface area contributed by atoms with Crippen molar-refractivity contribution in [1.82, 2.24) is 0 Å². The van der Waals surface area contributed by atoms with Gasteiger partial charge in [-0.2, -0.15) is 0 Å². The molecule has 0 bridgehead atoms. The Labute approximate surface area is 109 Å². The molecule has 100 valence electrons. The van der Waals surface area contributed by atoms with E-state index in [2.05, 4.69) is 6.92 Å². The summed E-state index contributed by atoms with van der Waals surface area (Å²) >= 11 is 0. The number of aryl methyl sites for hydroxylation is 1. The Morgan fingerprint density at radius 3 is 2.33 bits per heavy atom. The fraction of sp³-hybridized carbons (Fsp3) is 0.571. The van der Waals surface area contributed by atoms with E-state index in [4.69, 9.17) is 5.73 Å². The summed E-state index contributed by atoms with van der Waals surface area (Å²) in [6.07, 6.45) is 3.59. The van der Waals surface area contributed by atoms with Gasteiger partial charge in [0.2, 0.25) is 0 Å². The van der Waals surface area contributed by atoms with Crippen LogP contribution in [0.5, 0.6) is 0 Å². The molecule has 1 aliphatic rings. The Bertz CT molecular complexity index is 529. The standard InChI is InChI=1S/C14H21NO2S/c1-10-3-6-13(7-4-10)18(16,17)14-8-5-12(15)9-11(14)2/h5,8-10,13H,3-4,6-7,15H2,1-2H3. The maximum Gasteiger partial charge on any atom is 0.181 e. The third-order valence-corrected chi connectivity index (χ3v) is 6.33. The largest absolute Gasteiger partial charge is 0.399 e. The molecule has 0 atom stereocenters. The van der Waals surface area contributed by atoms with Crippen LogP contribution in [0.2, 0.25) is 0 Å². The minimum Gasteiger partial charge on any atom is -0.399 e. The first-order valence-corrected chi connectivity index (χ1v) is 8.06. The summed E-state index contributed by atoms with van der Waals surface area (Å²) in [5.74, 6) is 0.656. The minimum absolute atomic E-state index is 0.212. The van der Waals surface area contributed by atoms with E-state index in [0.29, 0.717) is 16.5 Å². The van der Waals surface area contributed by atoms with Crippen molar-refractivity contribution >= 4 is 15.5 Å². The Morgan fingerprint density at radius 1 is 1.17 bits per heavy atom. The van der Waals surface area contributed by atoms with Gasteiger partial charge in [-0.15, -0.1) is 0 Å². The summed E-state index contributed by atoms with van der Waals surface area (Å²) < 4.78 is 25.2. The molecule has 2 N–H and O–H groups in total. The lowest BCUT2D eigenvalue weighted by molar-refractivity contribution is 0.382. The van der Waals surface area contributed by atoms with Crippen LogP contribution in [0.1, 0.15) is 38.2 Å². The molecule has 1 aliphatic carbocycles. The number of hydrogen-bond acceptors (Lipinski definition) is 3. The minimum atomic E-state index is -3.19. The molecule has 1 fully saturated rings. The second-order valence-corrected chi connectivity index (χ2v) is 7.65. The lowest BCUT2D eigenvalue weighted by Crippen LogP contribution is -2.27. The van der Waals surface area contributed by atoms with Crippen LogP contribution in [0.4, 0.5) is 5.69 Å². The molecular formula is C14H21NO2S. The summed E-state index contributed by atoms with van der Waals surface area (Å²) in [6.45, 7) is 4.01. The highest BCUT2D eigenvalue weighted by Gasteiger charge is 2.31. The number of nitrogens with two attached hydrogens (primary N) is 1. The van der Waals surface area contributed by atoms with Gasteiger partial charge in [0, 0.05) is 5.69 Å². The Morgan fingerprint density at radius 2 is 1.78 bits per heavy atom. The van der Waals surface area contributed by atoms with Gasteiger partial charge in [0.25, 0.3) is 0 Å². The van der Waals surface area contributed by atoms with Gasteiger partial charge >= 0.3 is 0 Å². The van der Waals surface area contributed by atoms with Crippen molar-refractivity contribution in [2.24, 2.45) is 5.92 Å². The third kappa shape index (κ3) is 2.53. The Hall–Kier alpha value is -1.03. The molecule has 0 amide bonds. The Kier molecular flexibility index (Phi) is 3.66. The second kappa shape index (κ2) is 4.92. The van der Waals surface area contributed by atoms with Gasteiger partial charge in [0.1, 0.15) is 0 Å². The van der Waals surface area contributed by atoms with E-state index < -0.39 is 9.84 Å². The van der Waals surface area contributed by atoms with Gasteiger partial charge in [-0.3, -0.25) is 0 Å². The highest BCUT2D eigenvalue weighted by molar-refractivity contribution is 7.92. The first kappa shape index (κ1) is 13.4. The number of benzene rings is 1. The molecule has 0 unspecified atom stereocenters. The van der Waals surface area contributed by atoms with Gasteiger partial charge in [-0.05, 0) is 62.3 Å². The van der Waals surface area contributed by atoms with Crippen LogP contribution >= 0.6 is 0 Å². The quantitative estimate of drug-likeness (QED) is 0.838. The topological polar surface area (TPSA) is 60.2 Å². The molecular weight excluding hydrogens is 246 g/mol. The SMILES string of the molecule is Cc1cc(N)ccc1S(=O)(=O)C1CCC(C)CC1. The number of sulfone groups is 1. The van der Waals surface area contributed by atoms with Crippen molar-refractivity contribution in [3.05, 3.63) is 23.8 Å². The van der Waals surface area contributed by atoms with Crippen molar-refractivity contribution < 1.29 is 8.42 Å². The van der Waals surface area contributed by atoms with Crippen LogP contribution in [0.3, 0.4) is 0 Å². The normalized spacial score (nSPS) is 25.0. The van der Waals surface area contributed by atoms with E-state index in [1.54, 1.807) is 18.2 Å². The zero-order chi connectivity index (χ0) is 13.3. The maximum atomic E-state index is 12.6. The van der Waals surface area contributed by atoms with E-state index in [1.807, 2.05) is 6.92 Å². The van der Waals surface area contributed by atoms with E-state index in [1.165, 1.54) is 0 Å². The fourth-order valence-corrected chi connectivity index (χ4v) is 4.73. The van der Waals surface area contributed by atoms with E-state index in [-0.39, 0.29) is 5.25 Å². The molecule has 1 aromatic carbocycles. The van der Waals surface area contributed by atoms with Crippen molar-refractivity contribution in [3.63, 3.8) is 0 Å². The van der Waals surface area contributed by atoms with Gasteiger partial charge < -0.3 is 5.73 Å². The van der Waals surface area contributed by atoms with Gasteiger partial charge in [0.15, 0.2) is 9.84 Å². The number of hydrogen-bond donors (Lipinski definition) is 1. The monoisotopic (exact) mass is 267 g/mol. The summed E-state index contributed by atoms with van der Waals surface area (Å²) in [5.41, 5.74) is 7.05. The molecule has 0 spiro atoms. The molecule has 1 saturated carbocycles. The number of nitrogen functional groups attached to an aromatic ring is 1. The third-order valence-electron chi connectivity index (χ3n) is 3.91. The van der Waals surface area contributed by atoms with Crippen molar-refractivity contribution in [3.8, 4) is 0 Å². The first-order valence-electron chi connectivity index (χ1n) is 6.51. The first-order chi connectivity index (χ1) is 8.41. The molecule has 0 aromatic heterocycles. The van der Waals surface area contributed by atoms with Crippen LogP contribution in [-0.4, -0.2) is 13.7 Å². The molecule has 0 saturated heterocycles. The van der Waals surface area contributed by atoms with E-state index in [9.17, 15) is 8.42 Å². The molecule has 4 heteroatoms. The zero-order valence-electron chi connectivity index (χ0n) is 11.0. The van der Waals surface area contributed by atoms with Crippen LogP contribution in [0.25, 0.3) is 0 Å². The summed E-state index contributed by atoms with van der Waals surface area (Å²) in [6, 6.07) is 5.06. The molecule has 0 heterocycles. The van der Waals surface area contributed by atoms with Crippen LogP contribution in [0.15, 0.2) is 23.1 Å². The predicted molar refractivity (Wildman–Crippen MR) is 74.2 cm³/mol. The van der Waals surface area contributed by atoms with Crippen LogP contribution in [-0.2, 0) is 9.84 Å². The number of rotatable bonds is 2. The maximum absolute atomic E-state index is 12.6. The average Bonchev–Trinajstić information content (AvgIpc) is 2.29. The smallest absolute Gasteiger partial charge is 0.181 e. The molecule has 3 nitrogen and oxygen atoms in total. The molecule has 0 radical (unpaired) electrons. The van der Waals surface area contributed by atoms with Crippen LogP contribution < -0.4 is 5.73 Å². The van der Waals surface area contributed by atoms with Gasteiger partial charge in [-0.1, -0.05) is 6.92 Å². The fourth-order valence-electron chi connectivity index (χ4n) is 2.71.